The molecule has 94 valence electrons. The van der Waals surface area contributed by atoms with E-state index in [4.69, 9.17) is 4.74 Å². The van der Waals surface area contributed by atoms with Gasteiger partial charge in [0.25, 0.3) is 0 Å². The van der Waals surface area contributed by atoms with Gasteiger partial charge in [0.2, 0.25) is 0 Å². The number of Topliss-reactive ketones (excluding diaryl/α,β-unsaturated/α-hetero) is 1. The van der Waals surface area contributed by atoms with Crippen LogP contribution in [0, 0.1) is 11.3 Å². The molecule has 0 spiro atoms. The molecule has 0 amide bonds. The number of aromatic nitrogens is 1. The van der Waals surface area contributed by atoms with Gasteiger partial charge in [0, 0.05) is 18.0 Å². The Labute approximate surface area is 111 Å². The van der Waals surface area contributed by atoms with Crippen LogP contribution >= 0.6 is 0 Å². The van der Waals surface area contributed by atoms with E-state index in [1.54, 1.807) is 49.7 Å². The third-order valence-electron chi connectivity index (χ3n) is 2.76. The Morgan fingerprint density at radius 2 is 2.21 bits per heavy atom. The molecule has 1 aromatic heterocycles. The van der Waals surface area contributed by atoms with Crippen LogP contribution in [0.3, 0.4) is 0 Å². The molecule has 2 rings (SSSR count). The van der Waals surface area contributed by atoms with Crippen molar-refractivity contribution in [1.82, 2.24) is 4.98 Å². The Morgan fingerprint density at radius 1 is 1.37 bits per heavy atom. The molecule has 0 unspecified atom stereocenters. The zero-order valence-electron chi connectivity index (χ0n) is 10.4. The van der Waals surface area contributed by atoms with E-state index in [2.05, 4.69) is 4.98 Å². The summed E-state index contributed by atoms with van der Waals surface area (Å²) in [6.07, 6.45) is 3.05. The maximum absolute atomic E-state index is 12.3. The second kappa shape index (κ2) is 5.78. The lowest BCUT2D eigenvalue weighted by molar-refractivity contribution is 0.0978. The van der Waals surface area contributed by atoms with E-state index in [0.717, 1.165) is 0 Å². The van der Waals surface area contributed by atoms with Crippen LogP contribution in [0.4, 0.5) is 0 Å². The van der Waals surface area contributed by atoms with Crippen molar-refractivity contribution < 1.29 is 9.53 Å². The van der Waals surface area contributed by atoms with E-state index in [1.807, 2.05) is 6.07 Å². The molecule has 4 nitrogen and oxygen atoms in total. The molecule has 0 N–H and O–H groups in total. The molecule has 0 saturated carbocycles. The van der Waals surface area contributed by atoms with Gasteiger partial charge in [-0.3, -0.25) is 9.78 Å². The number of benzene rings is 1. The normalized spacial score (nSPS) is 11.4. The summed E-state index contributed by atoms with van der Waals surface area (Å²) in [5.74, 6) is -0.486. The number of ketones is 1. The molecule has 0 aliphatic carbocycles. The summed E-state index contributed by atoms with van der Waals surface area (Å²) >= 11 is 0. The minimum Gasteiger partial charge on any atom is -0.497 e. The van der Waals surface area contributed by atoms with Crippen LogP contribution in [-0.4, -0.2) is 17.9 Å². The number of hydrogen-bond acceptors (Lipinski definition) is 4. The molecule has 1 heterocycles. The maximum Gasteiger partial charge on any atom is 0.185 e. The second-order valence-corrected chi connectivity index (χ2v) is 3.94. The van der Waals surface area contributed by atoms with Gasteiger partial charge in [0.05, 0.1) is 13.2 Å². The molecule has 0 radical (unpaired) electrons. The fourth-order valence-corrected chi connectivity index (χ4v) is 1.78. The van der Waals surface area contributed by atoms with Crippen LogP contribution in [0.2, 0.25) is 0 Å². The van der Waals surface area contributed by atoms with Gasteiger partial charge in [-0.2, -0.15) is 5.26 Å². The lowest BCUT2D eigenvalue weighted by atomic mass is 9.92. The van der Waals surface area contributed by atoms with Gasteiger partial charge in [-0.1, -0.05) is 12.1 Å². The first-order valence-corrected chi connectivity index (χ1v) is 5.74. The summed E-state index contributed by atoms with van der Waals surface area (Å²) in [6, 6.07) is 12.3. The molecule has 4 heteroatoms. The molecule has 0 aliphatic rings. The van der Waals surface area contributed by atoms with E-state index in [0.29, 0.717) is 16.9 Å². The van der Waals surface area contributed by atoms with Crippen LogP contribution in [0.25, 0.3) is 0 Å². The Kier molecular flexibility index (Phi) is 3.89. The van der Waals surface area contributed by atoms with Crippen LogP contribution in [-0.2, 0) is 0 Å². The van der Waals surface area contributed by atoms with Gasteiger partial charge >= 0.3 is 0 Å². The highest BCUT2D eigenvalue weighted by molar-refractivity contribution is 6.02. The Morgan fingerprint density at radius 3 is 2.84 bits per heavy atom. The summed E-state index contributed by atoms with van der Waals surface area (Å²) in [7, 11) is 1.55. The predicted molar refractivity (Wildman–Crippen MR) is 69.9 cm³/mol. The summed E-state index contributed by atoms with van der Waals surface area (Å²) in [6.45, 7) is 0. The van der Waals surface area contributed by atoms with Crippen molar-refractivity contribution in [3.05, 3.63) is 59.9 Å². The maximum atomic E-state index is 12.3. The summed E-state index contributed by atoms with van der Waals surface area (Å²) < 4.78 is 5.10. The van der Waals surface area contributed by atoms with Crippen molar-refractivity contribution in [2.45, 2.75) is 5.92 Å². The molecular weight excluding hydrogens is 240 g/mol. The fourth-order valence-electron chi connectivity index (χ4n) is 1.78. The van der Waals surface area contributed by atoms with Crippen molar-refractivity contribution >= 4 is 5.78 Å². The van der Waals surface area contributed by atoms with E-state index in [1.165, 1.54) is 6.20 Å². The number of methoxy groups -OCH3 is 1. The molecule has 0 saturated heterocycles. The first-order chi connectivity index (χ1) is 9.26. The number of pyridine rings is 1. The van der Waals surface area contributed by atoms with Crippen LogP contribution in [0.1, 0.15) is 21.8 Å². The monoisotopic (exact) mass is 252 g/mol. The topological polar surface area (TPSA) is 63.0 Å². The zero-order valence-corrected chi connectivity index (χ0v) is 10.4. The van der Waals surface area contributed by atoms with E-state index < -0.39 is 5.92 Å². The molecular formula is C15H12N2O2. The van der Waals surface area contributed by atoms with Crippen molar-refractivity contribution in [1.29, 1.82) is 5.26 Å². The number of hydrogen-bond donors (Lipinski definition) is 0. The highest BCUT2D eigenvalue weighted by Gasteiger charge is 2.22. The Hall–Kier alpha value is -2.67. The minimum atomic E-state index is -0.848. The molecule has 2 aromatic rings. The first kappa shape index (κ1) is 12.8. The first-order valence-electron chi connectivity index (χ1n) is 5.74. The molecule has 0 aliphatic heterocycles. The number of rotatable bonds is 4. The van der Waals surface area contributed by atoms with Crippen molar-refractivity contribution in [2.75, 3.05) is 7.11 Å². The molecule has 0 fully saturated rings. The number of ether oxygens (including phenoxy) is 1. The molecule has 19 heavy (non-hydrogen) atoms. The molecule has 1 aromatic carbocycles. The van der Waals surface area contributed by atoms with Crippen LogP contribution in [0.5, 0.6) is 5.75 Å². The highest BCUT2D eigenvalue weighted by Crippen LogP contribution is 2.23. The minimum absolute atomic E-state index is 0.260. The smallest absolute Gasteiger partial charge is 0.185 e. The van der Waals surface area contributed by atoms with E-state index in [9.17, 15) is 10.1 Å². The molecule has 1 atom stereocenters. The summed E-state index contributed by atoms with van der Waals surface area (Å²) in [5, 5.41) is 9.24. The standard InChI is InChI=1S/C15H12N2O2/c1-19-13-6-2-4-11(8-13)14(9-16)15(18)12-5-3-7-17-10-12/h2-8,10,14H,1H3/t14-/m0/s1. The number of nitriles is 1. The van der Waals surface area contributed by atoms with Gasteiger partial charge in [-0.05, 0) is 29.8 Å². The van der Waals surface area contributed by atoms with Crippen LogP contribution in [0.15, 0.2) is 48.8 Å². The lowest BCUT2D eigenvalue weighted by Gasteiger charge is -2.09. The average Bonchev–Trinajstić information content (AvgIpc) is 2.49. The third-order valence-corrected chi connectivity index (χ3v) is 2.76. The van der Waals surface area contributed by atoms with Gasteiger partial charge in [0.1, 0.15) is 11.7 Å². The second-order valence-electron chi connectivity index (χ2n) is 3.94. The summed E-state index contributed by atoms with van der Waals surface area (Å²) in [4.78, 5) is 16.2. The Balaban J connectivity index is 2.35. The largest absolute Gasteiger partial charge is 0.497 e. The lowest BCUT2D eigenvalue weighted by Crippen LogP contribution is -2.11. The number of carbonyl (C=O) groups is 1. The summed E-state index contributed by atoms with van der Waals surface area (Å²) in [5.41, 5.74) is 1.05. The van der Waals surface area contributed by atoms with Crippen LogP contribution < -0.4 is 4.74 Å². The van der Waals surface area contributed by atoms with Gasteiger partial charge in [0.15, 0.2) is 5.78 Å². The Bertz CT molecular complexity index is 618. The fraction of sp³-hybridized carbons (Fsp3) is 0.133. The highest BCUT2D eigenvalue weighted by atomic mass is 16.5. The molecule has 0 bridgehead atoms. The van der Waals surface area contributed by atoms with Gasteiger partial charge < -0.3 is 4.74 Å². The van der Waals surface area contributed by atoms with E-state index >= 15 is 0 Å². The zero-order chi connectivity index (χ0) is 13.7. The van der Waals surface area contributed by atoms with Crippen molar-refractivity contribution in [3.8, 4) is 11.8 Å². The number of carbonyl (C=O) groups excluding carboxylic acids is 1. The average molecular weight is 252 g/mol. The van der Waals surface area contributed by atoms with Crippen molar-refractivity contribution in [2.24, 2.45) is 0 Å². The quantitative estimate of drug-likeness (QED) is 0.784. The predicted octanol–water partition coefficient (Wildman–Crippen LogP) is 2.58. The van der Waals surface area contributed by atoms with Crippen molar-refractivity contribution in [3.63, 3.8) is 0 Å². The number of nitrogens with zero attached hydrogens (tertiary/aromatic N) is 2. The SMILES string of the molecule is COc1cccc([C@H](C#N)C(=O)c2cccnc2)c1. The third kappa shape index (κ3) is 2.78. The van der Waals surface area contributed by atoms with E-state index in [-0.39, 0.29) is 5.78 Å². The van der Waals surface area contributed by atoms with Gasteiger partial charge in [-0.15, -0.1) is 0 Å². The van der Waals surface area contributed by atoms with Gasteiger partial charge in [-0.25, -0.2) is 0 Å².